The Morgan fingerprint density at radius 2 is 1.15 bits per heavy atom. The van der Waals surface area contributed by atoms with E-state index >= 15 is 0 Å². The number of rotatable bonds is 7. The van der Waals surface area contributed by atoms with Gasteiger partial charge in [-0.25, -0.2) is 0 Å². The molecule has 0 radical (unpaired) electrons. The van der Waals surface area contributed by atoms with Crippen molar-refractivity contribution in [2.75, 3.05) is 51.1 Å². The fourth-order valence-corrected chi connectivity index (χ4v) is 4.98. The van der Waals surface area contributed by atoms with Gasteiger partial charge in [-0.15, -0.1) is 0 Å². The van der Waals surface area contributed by atoms with E-state index in [2.05, 4.69) is 102 Å². The normalized spacial score (nSPS) is 15.5. The van der Waals surface area contributed by atoms with Crippen molar-refractivity contribution in [1.29, 1.82) is 0 Å². The van der Waals surface area contributed by atoms with Gasteiger partial charge < -0.3 is 14.9 Å². The van der Waals surface area contributed by atoms with Crippen molar-refractivity contribution in [3.8, 4) is 5.75 Å². The molecule has 1 aliphatic heterocycles. The van der Waals surface area contributed by atoms with Crippen LogP contribution in [0.25, 0.3) is 0 Å². The van der Waals surface area contributed by atoms with Gasteiger partial charge in [-0.3, -0.25) is 9.80 Å². The van der Waals surface area contributed by atoms with Gasteiger partial charge in [0.2, 0.25) is 0 Å². The Bertz CT molecular complexity index is 1000. The zero-order valence-electron chi connectivity index (χ0n) is 20.3. The van der Waals surface area contributed by atoms with Crippen molar-refractivity contribution in [3.63, 3.8) is 0 Å². The molecule has 33 heavy (non-hydrogen) atoms. The van der Waals surface area contributed by atoms with Crippen LogP contribution in [0.3, 0.4) is 0 Å². The summed E-state index contributed by atoms with van der Waals surface area (Å²) in [4.78, 5) is 9.39. The average molecular weight is 445 g/mol. The molecule has 0 unspecified atom stereocenters. The third-order valence-electron chi connectivity index (χ3n) is 6.49. The first-order valence-electron chi connectivity index (χ1n) is 11.7. The highest BCUT2D eigenvalue weighted by atomic mass is 16.3. The number of phenolic OH excluding ortho intramolecular Hbond substituents is 1. The molecule has 4 rings (SSSR count). The van der Waals surface area contributed by atoms with Crippen molar-refractivity contribution in [1.82, 2.24) is 9.80 Å². The number of para-hydroxylation sites is 3. The first-order valence-corrected chi connectivity index (χ1v) is 11.7. The number of anilines is 2. The van der Waals surface area contributed by atoms with Crippen LogP contribution in [0.2, 0.25) is 0 Å². The Labute approximate surface area is 198 Å². The molecule has 1 aliphatic rings. The highest BCUT2D eigenvalue weighted by Crippen LogP contribution is 2.37. The second kappa shape index (κ2) is 10.3. The Hall–Kier alpha value is -3.02. The maximum atomic E-state index is 10.8. The fourth-order valence-electron chi connectivity index (χ4n) is 4.98. The van der Waals surface area contributed by atoms with E-state index in [4.69, 9.17) is 0 Å². The van der Waals surface area contributed by atoms with Gasteiger partial charge in [-0.2, -0.15) is 0 Å². The van der Waals surface area contributed by atoms with Crippen LogP contribution in [0.4, 0.5) is 11.4 Å². The predicted molar refractivity (Wildman–Crippen MR) is 138 cm³/mol. The minimum absolute atomic E-state index is 0.00499. The van der Waals surface area contributed by atoms with E-state index in [-0.39, 0.29) is 6.17 Å². The molecule has 174 valence electrons. The van der Waals surface area contributed by atoms with Crippen LogP contribution in [0, 0.1) is 0 Å². The molecule has 1 heterocycles. The summed E-state index contributed by atoms with van der Waals surface area (Å²) in [7, 11) is 8.39. The largest absolute Gasteiger partial charge is 0.508 e. The minimum Gasteiger partial charge on any atom is -0.508 e. The monoisotopic (exact) mass is 444 g/mol. The zero-order chi connectivity index (χ0) is 23.4. The van der Waals surface area contributed by atoms with Gasteiger partial charge in [-0.1, -0.05) is 54.6 Å². The first-order chi connectivity index (χ1) is 16.0. The molecule has 1 N–H and O–H groups in total. The smallest absolute Gasteiger partial charge is 0.121 e. The molecule has 5 heteroatoms. The van der Waals surface area contributed by atoms with Crippen molar-refractivity contribution in [2.45, 2.75) is 25.7 Å². The second-order valence-corrected chi connectivity index (χ2v) is 9.27. The summed E-state index contributed by atoms with van der Waals surface area (Å²) < 4.78 is 0. The number of aromatic hydroxyl groups is 1. The molecule has 0 atom stereocenters. The van der Waals surface area contributed by atoms with E-state index in [0.717, 1.165) is 38.2 Å². The molecule has 3 aromatic carbocycles. The highest BCUT2D eigenvalue weighted by molar-refractivity contribution is 5.53. The third-order valence-corrected chi connectivity index (χ3v) is 6.49. The number of hydrogen-bond donors (Lipinski definition) is 1. The Kier molecular flexibility index (Phi) is 7.21. The molecule has 5 nitrogen and oxygen atoms in total. The maximum absolute atomic E-state index is 10.8. The lowest BCUT2D eigenvalue weighted by Crippen LogP contribution is -2.47. The average Bonchev–Trinajstić information content (AvgIpc) is 2.80. The number of hydrogen-bond acceptors (Lipinski definition) is 5. The van der Waals surface area contributed by atoms with E-state index in [0.29, 0.717) is 5.75 Å². The highest BCUT2D eigenvalue weighted by Gasteiger charge is 2.33. The number of nitrogens with zero attached hydrogens (tertiary/aromatic N) is 4. The van der Waals surface area contributed by atoms with Crippen LogP contribution in [0.1, 0.15) is 29.3 Å². The first kappa shape index (κ1) is 23.1. The lowest BCUT2D eigenvalue weighted by molar-refractivity contribution is -0.0102. The number of phenols is 1. The molecule has 1 saturated heterocycles. The van der Waals surface area contributed by atoms with Crippen LogP contribution in [0.5, 0.6) is 5.75 Å². The van der Waals surface area contributed by atoms with Crippen LogP contribution < -0.4 is 9.80 Å². The van der Waals surface area contributed by atoms with Gasteiger partial charge in [0.05, 0.1) is 6.17 Å². The van der Waals surface area contributed by atoms with Crippen LogP contribution >= 0.6 is 0 Å². The minimum atomic E-state index is 0.00499. The quantitative estimate of drug-likeness (QED) is 0.559. The molecule has 3 aromatic rings. The Balaban J connectivity index is 1.71. The Morgan fingerprint density at radius 1 is 0.697 bits per heavy atom. The van der Waals surface area contributed by atoms with Crippen molar-refractivity contribution < 1.29 is 5.11 Å². The van der Waals surface area contributed by atoms with E-state index in [1.54, 1.807) is 0 Å². The molecule has 1 fully saturated rings. The van der Waals surface area contributed by atoms with Gasteiger partial charge in [0.15, 0.2) is 0 Å². The van der Waals surface area contributed by atoms with Gasteiger partial charge in [0.25, 0.3) is 0 Å². The molecule has 0 spiro atoms. The fraction of sp³-hybridized carbons (Fsp3) is 0.357. The SMILES string of the molecule is CN(C)c1ccccc1CN1CCCN(Cc2ccccc2N(C)C)C1c1ccccc1O. The Morgan fingerprint density at radius 3 is 1.64 bits per heavy atom. The molecule has 0 aromatic heterocycles. The lowest BCUT2D eigenvalue weighted by Gasteiger charge is -2.45. The summed E-state index contributed by atoms with van der Waals surface area (Å²) >= 11 is 0. The molecule has 0 saturated carbocycles. The maximum Gasteiger partial charge on any atom is 0.121 e. The summed E-state index contributed by atoms with van der Waals surface area (Å²) in [6.45, 7) is 3.65. The van der Waals surface area contributed by atoms with E-state index in [9.17, 15) is 5.11 Å². The van der Waals surface area contributed by atoms with Crippen molar-refractivity contribution in [2.24, 2.45) is 0 Å². The summed E-state index contributed by atoms with van der Waals surface area (Å²) in [6.07, 6.45) is 1.10. The molecule has 0 aliphatic carbocycles. The summed E-state index contributed by atoms with van der Waals surface area (Å²) in [5.74, 6) is 0.362. The molecular weight excluding hydrogens is 408 g/mol. The zero-order valence-corrected chi connectivity index (χ0v) is 20.3. The van der Waals surface area contributed by atoms with Gasteiger partial charge >= 0.3 is 0 Å². The van der Waals surface area contributed by atoms with E-state index in [1.165, 1.54) is 22.5 Å². The van der Waals surface area contributed by atoms with Crippen molar-refractivity contribution >= 4 is 11.4 Å². The molecule has 0 amide bonds. The van der Waals surface area contributed by atoms with Gasteiger partial charge in [-0.05, 0) is 35.7 Å². The lowest BCUT2D eigenvalue weighted by atomic mass is 10.0. The topological polar surface area (TPSA) is 33.2 Å². The van der Waals surface area contributed by atoms with Gasteiger partial charge in [0.1, 0.15) is 5.75 Å². The third kappa shape index (κ3) is 5.15. The molecular formula is C28H36N4O. The molecule has 0 bridgehead atoms. The van der Waals surface area contributed by atoms with E-state index in [1.807, 2.05) is 18.2 Å². The number of benzene rings is 3. The summed E-state index contributed by atoms with van der Waals surface area (Å²) in [5.41, 5.74) is 6.06. The van der Waals surface area contributed by atoms with Crippen LogP contribution in [-0.2, 0) is 13.1 Å². The predicted octanol–water partition coefficient (Wildman–Crippen LogP) is 4.93. The van der Waals surface area contributed by atoms with Crippen LogP contribution in [-0.4, -0.2) is 56.2 Å². The standard InChI is InChI=1S/C28H36N4O/c1-29(2)25-15-8-5-12-22(25)20-31-18-11-19-32(28(31)24-14-7-10-17-27(24)33)21-23-13-6-9-16-26(23)30(3)4/h5-10,12-17,28,33H,11,18-21H2,1-4H3. The van der Waals surface area contributed by atoms with Crippen LogP contribution in [0.15, 0.2) is 72.8 Å². The second-order valence-electron chi connectivity index (χ2n) is 9.27. The summed E-state index contributed by atoms with van der Waals surface area (Å²) in [6, 6.07) is 25.0. The van der Waals surface area contributed by atoms with E-state index < -0.39 is 0 Å². The van der Waals surface area contributed by atoms with Gasteiger partial charge in [0, 0.05) is 71.3 Å². The van der Waals surface area contributed by atoms with Crippen molar-refractivity contribution in [3.05, 3.63) is 89.5 Å². The summed E-state index contributed by atoms with van der Waals surface area (Å²) in [5, 5.41) is 10.8.